The lowest BCUT2D eigenvalue weighted by Crippen LogP contribution is -2.16. The molecular weight excluding hydrogens is 224 g/mol. The number of nitrogens with two attached hydrogens (primary N) is 1. The average Bonchev–Trinajstić information content (AvgIpc) is 2.24. The van der Waals surface area contributed by atoms with E-state index in [2.05, 4.69) is 15.3 Å². The predicted octanol–water partition coefficient (Wildman–Crippen LogP) is 0.936. The van der Waals surface area contributed by atoms with E-state index < -0.39 is 10.8 Å². The van der Waals surface area contributed by atoms with Gasteiger partial charge in [0.05, 0.1) is 0 Å². The second kappa shape index (κ2) is 5.79. The normalized spacial score (nSPS) is 14.4. The molecule has 3 N–H and O–H groups in total. The van der Waals surface area contributed by atoms with Gasteiger partial charge in [-0.15, -0.1) is 0 Å². The van der Waals surface area contributed by atoms with Crippen LogP contribution in [0.2, 0.25) is 0 Å². The second-order valence-electron chi connectivity index (χ2n) is 3.76. The molecule has 1 aromatic rings. The van der Waals surface area contributed by atoms with Crippen molar-refractivity contribution >= 4 is 22.4 Å². The van der Waals surface area contributed by atoms with E-state index in [4.69, 9.17) is 5.73 Å². The highest BCUT2D eigenvalue weighted by Gasteiger charge is 2.07. The molecule has 0 radical (unpaired) electrons. The highest BCUT2D eigenvalue weighted by molar-refractivity contribution is 7.84. The number of rotatable bonds is 5. The Labute approximate surface area is 98.3 Å². The first-order valence-corrected chi connectivity index (χ1v) is 6.77. The van der Waals surface area contributed by atoms with E-state index in [0.29, 0.717) is 5.82 Å². The molecule has 1 rings (SSSR count). The van der Waals surface area contributed by atoms with E-state index in [0.717, 1.165) is 24.3 Å². The molecule has 1 aromatic heterocycles. The van der Waals surface area contributed by atoms with Crippen molar-refractivity contribution in [2.75, 3.05) is 23.9 Å². The molecule has 0 aliphatic rings. The van der Waals surface area contributed by atoms with Crippen molar-refractivity contribution in [3.8, 4) is 0 Å². The first-order chi connectivity index (χ1) is 7.52. The molecule has 16 heavy (non-hydrogen) atoms. The van der Waals surface area contributed by atoms with Gasteiger partial charge >= 0.3 is 0 Å². The van der Waals surface area contributed by atoms with Gasteiger partial charge in [0.2, 0.25) is 0 Å². The highest BCUT2D eigenvalue weighted by atomic mass is 32.2. The SMILES string of the molecule is Cc1c(N)ncnc1NCCC(C)S(C)=O. The maximum atomic E-state index is 11.1. The van der Waals surface area contributed by atoms with Crippen molar-refractivity contribution in [3.63, 3.8) is 0 Å². The van der Waals surface area contributed by atoms with Crippen LogP contribution in [-0.4, -0.2) is 32.2 Å². The fraction of sp³-hybridized carbons (Fsp3) is 0.600. The van der Waals surface area contributed by atoms with Crippen LogP contribution in [0.15, 0.2) is 6.33 Å². The number of nitrogen functional groups attached to an aromatic ring is 1. The van der Waals surface area contributed by atoms with Crippen LogP contribution in [0, 0.1) is 6.92 Å². The van der Waals surface area contributed by atoms with Crippen molar-refractivity contribution in [1.29, 1.82) is 0 Å². The Hall–Kier alpha value is -1.17. The first kappa shape index (κ1) is 12.9. The van der Waals surface area contributed by atoms with Crippen LogP contribution in [0.4, 0.5) is 11.6 Å². The van der Waals surface area contributed by atoms with Gasteiger partial charge in [0, 0.05) is 34.4 Å². The fourth-order valence-electron chi connectivity index (χ4n) is 1.20. The molecule has 5 nitrogen and oxygen atoms in total. The molecule has 0 aliphatic heterocycles. The summed E-state index contributed by atoms with van der Waals surface area (Å²) in [6, 6.07) is 0. The molecule has 2 atom stereocenters. The summed E-state index contributed by atoms with van der Waals surface area (Å²) in [4.78, 5) is 7.99. The number of aromatic nitrogens is 2. The lowest BCUT2D eigenvalue weighted by atomic mass is 10.3. The molecule has 6 heteroatoms. The molecule has 0 aromatic carbocycles. The van der Waals surface area contributed by atoms with Crippen LogP contribution in [0.5, 0.6) is 0 Å². The van der Waals surface area contributed by atoms with Crippen LogP contribution < -0.4 is 11.1 Å². The van der Waals surface area contributed by atoms with Crippen molar-refractivity contribution < 1.29 is 4.21 Å². The Kier molecular flexibility index (Phi) is 4.67. The van der Waals surface area contributed by atoms with Gasteiger partial charge in [-0.05, 0) is 13.3 Å². The zero-order chi connectivity index (χ0) is 12.1. The van der Waals surface area contributed by atoms with Crippen LogP contribution in [0.1, 0.15) is 18.9 Å². The molecular formula is C10H18N4OS. The second-order valence-corrected chi connectivity index (χ2v) is 5.56. The standard InChI is InChI=1S/C10H18N4OS/c1-7(16(3)15)4-5-12-10-8(2)9(11)13-6-14-10/h6-7H,4-5H2,1-3H3,(H3,11,12,13,14). The molecule has 0 fully saturated rings. The van der Waals surface area contributed by atoms with E-state index in [9.17, 15) is 4.21 Å². The molecule has 0 saturated heterocycles. The zero-order valence-electron chi connectivity index (χ0n) is 9.86. The summed E-state index contributed by atoms with van der Waals surface area (Å²) < 4.78 is 11.1. The van der Waals surface area contributed by atoms with Gasteiger partial charge in [-0.1, -0.05) is 6.92 Å². The van der Waals surface area contributed by atoms with Gasteiger partial charge < -0.3 is 11.1 Å². The summed E-state index contributed by atoms with van der Waals surface area (Å²) in [5.41, 5.74) is 6.52. The maximum absolute atomic E-state index is 11.1. The summed E-state index contributed by atoms with van der Waals surface area (Å²) in [7, 11) is -0.775. The predicted molar refractivity (Wildman–Crippen MR) is 67.8 cm³/mol. The van der Waals surface area contributed by atoms with Crippen LogP contribution in [0.25, 0.3) is 0 Å². The number of hydrogen-bond donors (Lipinski definition) is 2. The van der Waals surface area contributed by atoms with Gasteiger partial charge in [-0.25, -0.2) is 9.97 Å². The van der Waals surface area contributed by atoms with Crippen LogP contribution in [0.3, 0.4) is 0 Å². The van der Waals surface area contributed by atoms with Gasteiger partial charge in [-0.3, -0.25) is 4.21 Å². The largest absolute Gasteiger partial charge is 0.383 e. The number of hydrogen-bond acceptors (Lipinski definition) is 5. The molecule has 2 unspecified atom stereocenters. The topological polar surface area (TPSA) is 80.9 Å². The van der Waals surface area contributed by atoms with E-state index in [1.165, 1.54) is 6.33 Å². The third-order valence-electron chi connectivity index (χ3n) is 2.53. The fourth-order valence-corrected chi connectivity index (χ4v) is 1.65. The number of nitrogens with zero attached hydrogens (tertiary/aromatic N) is 2. The third kappa shape index (κ3) is 3.44. The summed E-state index contributed by atoms with van der Waals surface area (Å²) >= 11 is 0. The van der Waals surface area contributed by atoms with E-state index in [1.807, 2.05) is 13.8 Å². The summed E-state index contributed by atoms with van der Waals surface area (Å²) in [6.45, 7) is 4.58. The van der Waals surface area contributed by atoms with Gasteiger partial charge in [0.1, 0.15) is 18.0 Å². The molecule has 0 aliphatic carbocycles. The van der Waals surface area contributed by atoms with E-state index in [-0.39, 0.29) is 5.25 Å². The Morgan fingerprint density at radius 2 is 2.25 bits per heavy atom. The highest BCUT2D eigenvalue weighted by Crippen LogP contribution is 2.14. The molecule has 0 spiro atoms. The average molecular weight is 242 g/mol. The Morgan fingerprint density at radius 3 is 2.88 bits per heavy atom. The Bertz CT molecular complexity index is 383. The Morgan fingerprint density at radius 1 is 1.56 bits per heavy atom. The number of anilines is 2. The molecule has 0 amide bonds. The maximum Gasteiger partial charge on any atom is 0.134 e. The van der Waals surface area contributed by atoms with Crippen molar-refractivity contribution in [3.05, 3.63) is 11.9 Å². The molecule has 90 valence electrons. The summed E-state index contributed by atoms with van der Waals surface area (Å²) in [5, 5.41) is 3.36. The Balaban J connectivity index is 2.49. The van der Waals surface area contributed by atoms with Gasteiger partial charge in [-0.2, -0.15) is 0 Å². The van der Waals surface area contributed by atoms with Crippen molar-refractivity contribution in [2.45, 2.75) is 25.5 Å². The summed E-state index contributed by atoms with van der Waals surface area (Å²) in [6.07, 6.45) is 4.00. The van der Waals surface area contributed by atoms with E-state index >= 15 is 0 Å². The minimum Gasteiger partial charge on any atom is -0.383 e. The van der Waals surface area contributed by atoms with Crippen LogP contribution >= 0.6 is 0 Å². The lowest BCUT2D eigenvalue weighted by Gasteiger charge is -2.11. The quantitative estimate of drug-likeness (QED) is 0.803. The monoisotopic (exact) mass is 242 g/mol. The minimum atomic E-state index is -0.775. The van der Waals surface area contributed by atoms with Gasteiger partial charge in [0.15, 0.2) is 0 Å². The molecule has 1 heterocycles. The molecule has 0 saturated carbocycles. The van der Waals surface area contributed by atoms with Crippen molar-refractivity contribution in [2.24, 2.45) is 0 Å². The smallest absolute Gasteiger partial charge is 0.134 e. The minimum absolute atomic E-state index is 0.187. The van der Waals surface area contributed by atoms with Gasteiger partial charge in [0.25, 0.3) is 0 Å². The van der Waals surface area contributed by atoms with Crippen molar-refractivity contribution in [1.82, 2.24) is 9.97 Å². The number of nitrogens with one attached hydrogen (secondary N) is 1. The zero-order valence-corrected chi connectivity index (χ0v) is 10.7. The summed E-state index contributed by atoms with van der Waals surface area (Å²) in [5.74, 6) is 1.24. The van der Waals surface area contributed by atoms with Crippen LogP contribution in [-0.2, 0) is 10.8 Å². The molecule has 0 bridgehead atoms. The third-order valence-corrected chi connectivity index (χ3v) is 3.90. The van der Waals surface area contributed by atoms with E-state index in [1.54, 1.807) is 6.26 Å². The lowest BCUT2D eigenvalue weighted by molar-refractivity contribution is 0.672. The first-order valence-electron chi connectivity index (χ1n) is 5.15.